The lowest BCUT2D eigenvalue weighted by Gasteiger charge is -2.37. The van der Waals surface area contributed by atoms with Gasteiger partial charge in [0.15, 0.2) is 8.32 Å². The highest BCUT2D eigenvalue weighted by Gasteiger charge is 2.38. The van der Waals surface area contributed by atoms with Crippen molar-refractivity contribution in [1.82, 2.24) is 15.1 Å². The molecule has 0 spiro atoms. The van der Waals surface area contributed by atoms with Gasteiger partial charge in [0.05, 0.1) is 12.6 Å². The van der Waals surface area contributed by atoms with Crippen molar-refractivity contribution in [3.8, 4) is 0 Å². The smallest absolute Gasteiger partial charge is 0.269 e. The summed E-state index contributed by atoms with van der Waals surface area (Å²) in [4.78, 5) is 11.8. The van der Waals surface area contributed by atoms with Gasteiger partial charge in [-0.2, -0.15) is 5.10 Å². The fourth-order valence-corrected chi connectivity index (χ4v) is 3.28. The number of carbonyl (C=O) groups is 1. The molecule has 2 rings (SSSR count). The van der Waals surface area contributed by atoms with Gasteiger partial charge in [-0.25, -0.2) is 0 Å². The molecule has 0 unspecified atom stereocenters. The van der Waals surface area contributed by atoms with Crippen molar-refractivity contribution in [1.29, 1.82) is 0 Å². The number of hydrogen-bond acceptors (Lipinski definition) is 3. The summed E-state index contributed by atoms with van der Waals surface area (Å²) in [7, 11) is -1.79. The minimum absolute atomic E-state index is 0.0584. The molecule has 0 saturated heterocycles. The maximum atomic E-state index is 11.8. The van der Waals surface area contributed by atoms with Gasteiger partial charge in [-0.15, -0.1) is 0 Å². The van der Waals surface area contributed by atoms with Crippen molar-refractivity contribution in [3.05, 3.63) is 16.4 Å². The van der Waals surface area contributed by atoms with E-state index in [-0.39, 0.29) is 17.0 Å². The van der Waals surface area contributed by atoms with Gasteiger partial charge in [0.1, 0.15) is 10.3 Å². The second-order valence-corrected chi connectivity index (χ2v) is 12.4. The van der Waals surface area contributed by atoms with Crippen LogP contribution in [0.15, 0.2) is 10.7 Å². The summed E-state index contributed by atoms with van der Waals surface area (Å²) in [6.07, 6.45) is 0. The zero-order chi connectivity index (χ0) is 15.1. The maximum absolute atomic E-state index is 11.8. The van der Waals surface area contributed by atoms with E-state index in [0.29, 0.717) is 23.4 Å². The van der Waals surface area contributed by atoms with Gasteiger partial charge >= 0.3 is 0 Å². The molecule has 20 heavy (non-hydrogen) atoms. The summed E-state index contributed by atoms with van der Waals surface area (Å²) in [5, 5.41) is 7.42. The lowest BCUT2D eigenvalue weighted by molar-refractivity contribution is 0.0890. The Morgan fingerprint density at radius 3 is 2.80 bits per heavy atom. The molecule has 1 aliphatic rings. The highest BCUT2D eigenvalue weighted by atomic mass is 79.9. The van der Waals surface area contributed by atoms with Gasteiger partial charge in [-0.1, -0.05) is 20.8 Å². The molecule has 0 radical (unpaired) electrons. The second-order valence-electron chi connectivity index (χ2n) is 6.73. The third kappa shape index (κ3) is 2.99. The van der Waals surface area contributed by atoms with Crippen molar-refractivity contribution in [2.75, 3.05) is 13.2 Å². The van der Waals surface area contributed by atoms with E-state index in [1.54, 1.807) is 10.7 Å². The molecular formula is C13H22BrN3O2Si. The number of rotatable bonds is 3. The molecule has 0 aliphatic carbocycles. The van der Waals surface area contributed by atoms with Crippen molar-refractivity contribution < 1.29 is 9.22 Å². The molecule has 1 aromatic heterocycles. The summed E-state index contributed by atoms with van der Waals surface area (Å²) in [5.74, 6) is -0.0771. The third-order valence-electron chi connectivity index (χ3n) is 4.23. The first kappa shape index (κ1) is 15.7. The summed E-state index contributed by atoms with van der Waals surface area (Å²) in [6, 6.07) is 1.80. The van der Waals surface area contributed by atoms with Crippen molar-refractivity contribution in [3.63, 3.8) is 0 Å². The van der Waals surface area contributed by atoms with E-state index in [4.69, 9.17) is 4.43 Å². The van der Waals surface area contributed by atoms with Crippen LogP contribution in [0.25, 0.3) is 0 Å². The number of fused-ring (bicyclic) bond motifs is 1. The van der Waals surface area contributed by atoms with E-state index in [9.17, 15) is 4.79 Å². The van der Waals surface area contributed by atoms with E-state index >= 15 is 0 Å². The number of halogens is 1. The molecule has 1 aromatic rings. The number of hydrogen-bond donors (Lipinski definition) is 1. The second kappa shape index (κ2) is 5.27. The molecule has 0 fully saturated rings. The summed E-state index contributed by atoms with van der Waals surface area (Å²) in [5.41, 5.74) is 0.590. The van der Waals surface area contributed by atoms with E-state index in [2.05, 4.69) is 60.2 Å². The first-order chi connectivity index (χ1) is 9.12. The molecule has 1 amide bonds. The monoisotopic (exact) mass is 359 g/mol. The fourth-order valence-electron chi connectivity index (χ4n) is 1.85. The number of nitrogens with one attached hydrogen (secondary N) is 1. The molecule has 5 nitrogen and oxygen atoms in total. The van der Waals surface area contributed by atoms with Crippen LogP contribution < -0.4 is 5.32 Å². The van der Waals surface area contributed by atoms with Crippen LogP contribution in [0.2, 0.25) is 18.1 Å². The van der Waals surface area contributed by atoms with E-state index in [1.165, 1.54) is 0 Å². The Labute approximate surface area is 129 Å². The molecule has 0 saturated carbocycles. The zero-order valence-electron chi connectivity index (χ0n) is 12.7. The first-order valence-corrected chi connectivity index (χ1v) is 10.5. The lowest BCUT2D eigenvalue weighted by atomic mass is 10.2. The molecular weight excluding hydrogens is 338 g/mol. The van der Waals surface area contributed by atoms with Gasteiger partial charge in [0.25, 0.3) is 5.91 Å². The molecule has 1 N–H and O–H groups in total. The number of aromatic nitrogens is 2. The van der Waals surface area contributed by atoms with Gasteiger partial charge < -0.3 is 9.74 Å². The molecule has 0 aromatic carbocycles. The third-order valence-corrected chi connectivity index (χ3v) is 9.11. The van der Waals surface area contributed by atoms with Crippen LogP contribution >= 0.6 is 15.9 Å². The first-order valence-electron chi connectivity index (χ1n) is 6.79. The van der Waals surface area contributed by atoms with Crippen LogP contribution in [0.3, 0.4) is 0 Å². The largest absolute Gasteiger partial charge is 0.415 e. The molecule has 1 atom stereocenters. The van der Waals surface area contributed by atoms with Gasteiger partial charge in [0, 0.05) is 12.6 Å². The number of carbonyl (C=O) groups excluding carboxylic acids is 1. The lowest BCUT2D eigenvalue weighted by Crippen LogP contribution is -2.46. The van der Waals surface area contributed by atoms with E-state index < -0.39 is 8.32 Å². The molecule has 0 bridgehead atoms. The van der Waals surface area contributed by atoms with Crippen LogP contribution in [0.4, 0.5) is 0 Å². The predicted octanol–water partition coefficient (Wildman–Crippen LogP) is 2.95. The SMILES string of the molecule is CC(C)(C)[Si](C)(C)OC[C@@H]1CNC(=O)c2cc(Br)nn21. The predicted molar refractivity (Wildman–Crippen MR) is 84.4 cm³/mol. The average molecular weight is 360 g/mol. The molecule has 2 heterocycles. The Kier molecular flexibility index (Phi) is 4.14. The van der Waals surface area contributed by atoms with Crippen LogP contribution in [0, 0.1) is 0 Å². The minimum Gasteiger partial charge on any atom is -0.415 e. The Hall–Kier alpha value is -0.663. The molecule has 112 valence electrons. The topological polar surface area (TPSA) is 56.1 Å². The average Bonchev–Trinajstić information content (AvgIpc) is 2.69. The molecule has 7 heteroatoms. The summed E-state index contributed by atoms with van der Waals surface area (Å²) < 4.78 is 8.70. The van der Waals surface area contributed by atoms with Crippen molar-refractivity contribution in [2.45, 2.75) is 44.9 Å². The van der Waals surface area contributed by atoms with Crippen LogP contribution in [-0.2, 0) is 4.43 Å². The normalized spacial score (nSPS) is 19.7. The van der Waals surface area contributed by atoms with Gasteiger partial charge in [-0.3, -0.25) is 9.48 Å². The highest BCUT2D eigenvalue weighted by molar-refractivity contribution is 9.10. The highest BCUT2D eigenvalue weighted by Crippen LogP contribution is 2.37. The standard InChI is InChI=1S/C13H22BrN3O2Si/c1-13(2,3)20(4,5)19-8-9-7-15-12(18)10-6-11(14)16-17(9)10/h6,9H,7-8H2,1-5H3,(H,15,18)/t9-/m0/s1. The van der Waals surface area contributed by atoms with Crippen LogP contribution in [-0.4, -0.2) is 37.2 Å². The summed E-state index contributed by atoms with van der Waals surface area (Å²) in [6.45, 7) is 12.3. The quantitative estimate of drug-likeness (QED) is 0.844. The van der Waals surface area contributed by atoms with Crippen LogP contribution in [0.5, 0.6) is 0 Å². The minimum atomic E-state index is -1.79. The fraction of sp³-hybridized carbons (Fsp3) is 0.692. The van der Waals surface area contributed by atoms with E-state index in [0.717, 1.165) is 0 Å². The van der Waals surface area contributed by atoms with E-state index in [1.807, 2.05) is 0 Å². The maximum Gasteiger partial charge on any atom is 0.269 e. The van der Waals surface area contributed by atoms with Gasteiger partial charge in [-0.05, 0) is 34.1 Å². The van der Waals surface area contributed by atoms with Crippen molar-refractivity contribution in [2.24, 2.45) is 0 Å². The summed E-state index contributed by atoms with van der Waals surface area (Å²) >= 11 is 3.33. The Balaban J connectivity index is 2.12. The molecule has 1 aliphatic heterocycles. The van der Waals surface area contributed by atoms with Crippen molar-refractivity contribution >= 4 is 30.2 Å². The zero-order valence-corrected chi connectivity index (χ0v) is 15.2. The Morgan fingerprint density at radius 1 is 1.55 bits per heavy atom. The Morgan fingerprint density at radius 2 is 2.20 bits per heavy atom. The van der Waals surface area contributed by atoms with Gasteiger partial charge in [0.2, 0.25) is 0 Å². The van der Waals surface area contributed by atoms with Crippen LogP contribution in [0.1, 0.15) is 37.3 Å². The number of nitrogens with zero attached hydrogens (tertiary/aromatic N) is 2. The number of amides is 1. The Bertz CT molecular complexity index is 522.